The number of nitrogens with zero attached hydrogens (tertiary/aromatic N) is 2. The fraction of sp³-hybridized carbons (Fsp3) is 0.102. The molecule has 312 valence electrons. The van der Waals surface area contributed by atoms with Crippen molar-refractivity contribution in [3.8, 4) is 50.7 Å². The molecule has 0 unspecified atom stereocenters. The maximum absolute atomic E-state index is 8.91. The van der Waals surface area contributed by atoms with E-state index in [1.54, 1.807) is 66.9 Å². The van der Waals surface area contributed by atoms with E-state index in [1.807, 2.05) is 41.0 Å². The summed E-state index contributed by atoms with van der Waals surface area (Å²) < 4.78 is 146. The van der Waals surface area contributed by atoms with Crippen LogP contribution in [0.25, 0.3) is 61.0 Å². The fourth-order valence-corrected chi connectivity index (χ4v) is 8.04. The molecule has 2 heterocycles. The third-order valence-corrected chi connectivity index (χ3v) is 11.1. The smallest absolute Gasteiger partial charge is 0.137 e. The highest BCUT2D eigenvalue weighted by Gasteiger charge is 2.22. The van der Waals surface area contributed by atoms with E-state index in [0.29, 0.717) is 51.0 Å². The van der Waals surface area contributed by atoms with Crippen molar-refractivity contribution < 1.29 is 26.7 Å². The van der Waals surface area contributed by atoms with Crippen molar-refractivity contribution in [2.45, 2.75) is 39.9 Å². The Morgan fingerprint density at radius 1 is 0.578 bits per heavy atom. The van der Waals surface area contributed by atoms with Crippen LogP contribution in [0, 0.1) is 13.7 Å². The molecule has 64 heavy (non-hydrogen) atoms. The summed E-state index contributed by atoms with van der Waals surface area (Å²) in [5, 5.41) is 8.28. The van der Waals surface area contributed by atoms with E-state index < -0.39 is 74.1 Å². The van der Waals surface area contributed by atoms with Crippen molar-refractivity contribution in [3.05, 3.63) is 217 Å². The summed E-state index contributed by atoms with van der Waals surface area (Å²) in [6.45, 7) is 0.931. The molecule has 0 saturated heterocycles. The molecule has 0 amide bonds. The average Bonchev–Trinajstić information content (AvgIpc) is 3.99. The Morgan fingerprint density at radius 3 is 1.89 bits per heavy atom. The lowest BCUT2D eigenvalue weighted by Gasteiger charge is -2.20. The number of hydrogen-bond acceptors (Lipinski definition) is 4. The first-order valence-corrected chi connectivity index (χ1v) is 20.6. The van der Waals surface area contributed by atoms with E-state index in [0.717, 1.165) is 16.3 Å². The molecule has 0 atom stereocenters. The zero-order valence-electron chi connectivity index (χ0n) is 51.1. The Labute approximate surface area is 398 Å². The Kier molecular flexibility index (Phi) is 6.78. The second kappa shape index (κ2) is 16.8. The molecular formula is C59H50N4O. The second-order valence-corrected chi connectivity index (χ2v) is 16.3. The number of para-hydroxylation sites is 4. The molecule has 0 bridgehead atoms. The number of benzene rings is 8. The van der Waals surface area contributed by atoms with Crippen molar-refractivity contribution in [2.24, 2.45) is 0 Å². The Hall–Kier alpha value is -7.89. The predicted octanol–water partition coefficient (Wildman–Crippen LogP) is 16.4. The molecule has 10 rings (SSSR count). The predicted molar refractivity (Wildman–Crippen MR) is 269 cm³/mol. The standard InChI is InChI=1S/C59H50N4O/c1-39-18-14-19-40(2)56(39)51-29-17-28-50-49-33-32-46(38-54(49)63(58(50)51)55-36-43(34-35-60-55)59(3,4)5)64-45-25-15-24-44(37-45)61-52-30-12-13-31-53(52)62-57-47(41-20-8-6-9-21-41)26-16-27-48(57)42-22-10-7-11-23-42/h6-38,61-62H,1-5H3/i1D3,2D3,6D,7D,8D,9D,10D,11D,20D,21D,22D,23D. The molecule has 2 N–H and O–H groups in total. The van der Waals surface area contributed by atoms with Gasteiger partial charge in [0.25, 0.3) is 0 Å². The molecule has 0 fully saturated rings. The summed E-state index contributed by atoms with van der Waals surface area (Å²) in [5.74, 6) is 1.35. The average molecular weight is 847 g/mol. The van der Waals surface area contributed by atoms with Crippen LogP contribution in [-0.4, -0.2) is 9.55 Å². The lowest BCUT2D eigenvalue weighted by molar-refractivity contribution is 0.483. The minimum atomic E-state index is -2.66. The van der Waals surface area contributed by atoms with Crippen molar-refractivity contribution in [1.82, 2.24) is 9.55 Å². The number of pyridine rings is 1. The minimum Gasteiger partial charge on any atom is -0.457 e. The molecule has 8 aromatic carbocycles. The number of aromatic nitrogens is 2. The van der Waals surface area contributed by atoms with Crippen molar-refractivity contribution in [1.29, 1.82) is 0 Å². The number of nitrogens with one attached hydrogen (secondary N) is 2. The highest BCUT2D eigenvalue weighted by molar-refractivity contribution is 6.14. The molecule has 0 aliphatic carbocycles. The van der Waals surface area contributed by atoms with Gasteiger partial charge in [0.2, 0.25) is 0 Å². The van der Waals surface area contributed by atoms with E-state index >= 15 is 0 Å². The first-order valence-electron chi connectivity index (χ1n) is 28.6. The number of rotatable bonds is 10. The first kappa shape index (κ1) is 25.9. The SMILES string of the molecule is [2H]c1c([2H])c([2H])c(-c2cccc(-c3c([2H])c([2H])c([2H])c([2H])c3[2H])c2Nc2ccccc2Nc2cccc(Oc3ccc4c5cccc(-c6c(C([2H])([2H])[2H])cccc6C([2H])([2H])[2H])c5n(-c5cc(C(C)(C)C)ccn5)c4c3)c2)c([2H])c1[2H]. The van der Waals surface area contributed by atoms with Gasteiger partial charge in [-0.1, -0.05) is 154 Å². The highest BCUT2D eigenvalue weighted by atomic mass is 16.5. The van der Waals surface area contributed by atoms with Gasteiger partial charge in [-0.2, -0.15) is 0 Å². The maximum atomic E-state index is 8.91. The van der Waals surface area contributed by atoms with E-state index in [4.69, 9.17) is 31.7 Å². The number of ether oxygens (including phenoxy) is 1. The van der Waals surface area contributed by atoms with Crippen LogP contribution in [-0.2, 0) is 5.41 Å². The van der Waals surface area contributed by atoms with Crippen LogP contribution in [0.3, 0.4) is 0 Å². The summed E-state index contributed by atoms with van der Waals surface area (Å²) in [7, 11) is 0. The van der Waals surface area contributed by atoms with E-state index in [1.165, 1.54) is 36.4 Å². The molecule has 0 aliphatic rings. The quantitative estimate of drug-likeness (QED) is 0.144. The zero-order chi connectivity index (χ0) is 57.5. The summed E-state index contributed by atoms with van der Waals surface area (Å²) in [6, 6.07) is 32.5. The lowest BCUT2D eigenvalue weighted by Crippen LogP contribution is -2.12. The van der Waals surface area contributed by atoms with Gasteiger partial charge in [0, 0.05) is 59.7 Å². The second-order valence-electron chi connectivity index (χ2n) is 16.3. The monoisotopic (exact) mass is 846 g/mol. The van der Waals surface area contributed by atoms with Crippen LogP contribution in [0.1, 0.15) is 59.4 Å². The van der Waals surface area contributed by atoms with Gasteiger partial charge in [0.1, 0.15) is 17.3 Å². The summed E-state index contributed by atoms with van der Waals surface area (Å²) in [4.78, 5) is 4.86. The number of fused-ring (bicyclic) bond motifs is 3. The summed E-state index contributed by atoms with van der Waals surface area (Å²) in [6.07, 6.45) is 1.71. The largest absolute Gasteiger partial charge is 0.457 e. The van der Waals surface area contributed by atoms with Crippen LogP contribution >= 0.6 is 0 Å². The van der Waals surface area contributed by atoms with E-state index in [9.17, 15) is 0 Å². The number of hydrogen-bond donors (Lipinski definition) is 2. The maximum Gasteiger partial charge on any atom is 0.137 e. The Balaban J connectivity index is 1.08. The molecule has 2 aromatic heterocycles. The zero-order valence-corrected chi connectivity index (χ0v) is 35.1. The number of anilines is 4. The van der Waals surface area contributed by atoms with Gasteiger partial charge < -0.3 is 15.4 Å². The molecule has 10 aromatic rings. The van der Waals surface area contributed by atoms with Gasteiger partial charge in [-0.3, -0.25) is 4.57 Å². The third kappa shape index (κ3) is 7.77. The lowest BCUT2D eigenvalue weighted by atomic mass is 9.88. The third-order valence-electron chi connectivity index (χ3n) is 11.1. The van der Waals surface area contributed by atoms with E-state index in [2.05, 4.69) is 31.4 Å². The fourth-order valence-electron chi connectivity index (χ4n) is 8.04. The topological polar surface area (TPSA) is 51.1 Å². The van der Waals surface area contributed by atoms with Gasteiger partial charge in [-0.25, -0.2) is 4.98 Å². The van der Waals surface area contributed by atoms with Gasteiger partial charge >= 0.3 is 0 Å². The van der Waals surface area contributed by atoms with Crippen molar-refractivity contribution >= 4 is 44.6 Å². The Morgan fingerprint density at radius 2 is 1.20 bits per heavy atom. The van der Waals surface area contributed by atoms with Gasteiger partial charge in [-0.15, -0.1) is 0 Å². The molecule has 5 nitrogen and oxygen atoms in total. The van der Waals surface area contributed by atoms with Gasteiger partial charge in [-0.05, 0) is 101 Å². The minimum absolute atomic E-state index is 0.0967. The van der Waals surface area contributed by atoms with Gasteiger partial charge in [0.15, 0.2) is 0 Å². The van der Waals surface area contributed by atoms with E-state index in [-0.39, 0.29) is 50.0 Å². The molecule has 0 aliphatic heterocycles. The normalized spacial score (nSPS) is 15.5. The van der Waals surface area contributed by atoms with Crippen LogP contribution in [0.5, 0.6) is 11.5 Å². The van der Waals surface area contributed by atoms with Crippen LogP contribution < -0.4 is 15.4 Å². The van der Waals surface area contributed by atoms with Crippen LogP contribution in [0.15, 0.2) is 200 Å². The van der Waals surface area contributed by atoms with Crippen molar-refractivity contribution in [3.63, 3.8) is 0 Å². The molecule has 0 spiro atoms. The summed E-state index contributed by atoms with van der Waals surface area (Å²) in [5.41, 5.74) is 3.63. The first-order chi connectivity index (χ1) is 37.8. The Bertz CT molecular complexity index is 3970. The molecule has 5 heteroatoms. The van der Waals surface area contributed by atoms with Crippen LogP contribution in [0.4, 0.5) is 22.7 Å². The van der Waals surface area contributed by atoms with Crippen LogP contribution in [0.2, 0.25) is 0 Å². The van der Waals surface area contributed by atoms with Gasteiger partial charge in [0.05, 0.1) is 41.8 Å². The molecule has 0 saturated carbocycles. The van der Waals surface area contributed by atoms with Crippen molar-refractivity contribution in [2.75, 3.05) is 10.6 Å². The molecular weight excluding hydrogens is 781 g/mol. The summed E-state index contributed by atoms with van der Waals surface area (Å²) >= 11 is 0. The number of aryl methyl sites for hydroxylation is 2. The molecule has 0 radical (unpaired) electrons. The highest BCUT2D eigenvalue weighted by Crippen LogP contribution is 2.43.